The van der Waals surface area contributed by atoms with Gasteiger partial charge in [-0.25, -0.2) is 0 Å². The molecule has 0 fully saturated rings. The van der Waals surface area contributed by atoms with E-state index in [1.807, 2.05) is 0 Å². The molecule has 0 aromatic rings. The Morgan fingerprint density at radius 1 is 1.64 bits per heavy atom. The van der Waals surface area contributed by atoms with E-state index in [2.05, 4.69) is 5.92 Å². The highest BCUT2D eigenvalue weighted by Gasteiger charge is 2.21. The summed E-state index contributed by atoms with van der Waals surface area (Å²) in [5, 5.41) is 9.15. The number of aliphatic hydroxyl groups is 1. The molecule has 0 aromatic heterocycles. The van der Waals surface area contributed by atoms with E-state index < -0.39 is 6.10 Å². The molecule has 0 bridgehead atoms. The molecule has 1 aliphatic carbocycles. The molecule has 0 saturated heterocycles. The number of hydrogen-bond donors (Lipinski definition) is 1. The Morgan fingerprint density at radius 3 is 2.82 bits per heavy atom. The molecule has 0 heterocycles. The highest BCUT2D eigenvalue weighted by molar-refractivity contribution is 5.97. The van der Waals surface area contributed by atoms with E-state index in [9.17, 15) is 4.79 Å². The smallest absolute Gasteiger partial charge is 0.162 e. The predicted molar refractivity (Wildman–Crippen MR) is 41.8 cm³/mol. The van der Waals surface area contributed by atoms with Gasteiger partial charge in [0.2, 0.25) is 0 Å². The Morgan fingerprint density at radius 2 is 2.27 bits per heavy atom. The summed E-state index contributed by atoms with van der Waals surface area (Å²) in [4.78, 5) is 11.1. The number of Topliss-reactive ketones (excluding diaryl/α,β-unsaturated/α-hetero) is 1. The Balaban J connectivity index is 2.97. The van der Waals surface area contributed by atoms with Crippen molar-refractivity contribution < 1.29 is 9.90 Å². The second-order valence-electron chi connectivity index (χ2n) is 2.73. The van der Waals surface area contributed by atoms with Crippen molar-refractivity contribution in [1.29, 1.82) is 0 Å². The van der Waals surface area contributed by atoms with Crippen LogP contribution in [-0.2, 0) is 4.79 Å². The molecule has 2 heteroatoms. The van der Waals surface area contributed by atoms with Crippen LogP contribution in [0.15, 0.2) is 11.1 Å². The Kier molecular flexibility index (Phi) is 2.11. The number of allylic oxidation sites excluding steroid dienone is 1. The molecule has 1 aliphatic rings. The van der Waals surface area contributed by atoms with Crippen LogP contribution in [0.3, 0.4) is 0 Å². The maximum absolute atomic E-state index is 11.1. The number of hydrogen-bond acceptors (Lipinski definition) is 2. The summed E-state index contributed by atoms with van der Waals surface area (Å²) < 4.78 is 0. The SMILES string of the molecule is C#CC1=C(C)C(=O)C[C@@H](O)C1. The minimum absolute atomic E-state index is 0.0308. The summed E-state index contributed by atoms with van der Waals surface area (Å²) >= 11 is 0. The van der Waals surface area contributed by atoms with Gasteiger partial charge in [-0.1, -0.05) is 5.92 Å². The Labute approximate surface area is 65.9 Å². The van der Waals surface area contributed by atoms with Crippen LogP contribution in [0.5, 0.6) is 0 Å². The monoisotopic (exact) mass is 150 g/mol. The van der Waals surface area contributed by atoms with E-state index in [1.54, 1.807) is 6.92 Å². The van der Waals surface area contributed by atoms with Crippen LogP contribution < -0.4 is 0 Å². The van der Waals surface area contributed by atoms with Crippen molar-refractivity contribution in [3.8, 4) is 12.3 Å². The van der Waals surface area contributed by atoms with E-state index >= 15 is 0 Å². The van der Waals surface area contributed by atoms with Crippen LogP contribution in [0.2, 0.25) is 0 Å². The molecule has 0 amide bonds. The maximum Gasteiger partial charge on any atom is 0.162 e. The number of carbonyl (C=O) groups excluding carboxylic acids is 1. The average Bonchev–Trinajstić information content (AvgIpc) is 1.96. The summed E-state index contributed by atoms with van der Waals surface area (Å²) in [5.41, 5.74) is 1.28. The quantitative estimate of drug-likeness (QED) is 0.515. The number of carbonyl (C=O) groups is 1. The van der Waals surface area contributed by atoms with Gasteiger partial charge >= 0.3 is 0 Å². The minimum atomic E-state index is -0.572. The van der Waals surface area contributed by atoms with Crippen molar-refractivity contribution in [2.24, 2.45) is 0 Å². The van der Waals surface area contributed by atoms with Gasteiger partial charge < -0.3 is 5.11 Å². The molecule has 11 heavy (non-hydrogen) atoms. The fraction of sp³-hybridized carbons (Fsp3) is 0.444. The third kappa shape index (κ3) is 1.50. The zero-order valence-electron chi connectivity index (χ0n) is 6.42. The third-order valence-corrected chi connectivity index (χ3v) is 1.91. The molecule has 58 valence electrons. The Bertz CT molecular complexity index is 255. The van der Waals surface area contributed by atoms with E-state index in [0.717, 1.165) is 0 Å². The largest absolute Gasteiger partial charge is 0.392 e. The minimum Gasteiger partial charge on any atom is -0.392 e. The van der Waals surface area contributed by atoms with E-state index in [0.29, 0.717) is 17.6 Å². The van der Waals surface area contributed by atoms with Crippen molar-refractivity contribution in [3.63, 3.8) is 0 Å². The van der Waals surface area contributed by atoms with Crippen molar-refractivity contribution in [2.75, 3.05) is 0 Å². The third-order valence-electron chi connectivity index (χ3n) is 1.91. The molecule has 0 saturated carbocycles. The lowest BCUT2D eigenvalue weighted by Gasteiger charge is -2.17. The fourth-order valence-corrected chi connectivity index (χ4v) is 1.16. The second-order valence-corrected chi connectivity index (χ2v) is 2.73. The van der Waals surface area contributed by atoms with Gasteiger partial charge in [0.1, 0.15) is 0 Å². The van der Waals surface area contributed by atoms with Crippen LogP contribution in [0.25, 0.3) is 0 Å². The van der Waals surface area contributed by atoms with Crippen molar-refractivity contribution >= 4 is 5.78 Å². The van der Waals surface area contributed by atoms with Crippen LogP contribution in [-0.4, -0.2) is 17.0 Å². The first-order valence-electron chi connectivity index (χ1n) is 3.52. The van der Waals surface area contributed by atoms with Crippen molar-refractivity contribution in [2.45, 2.75) is 25.9 Å². The standard InChI is InChI=1S/C9H10O2/c1-3-7-4-8(10)5-9(11)6(7)2/h1,8,10H,4-5H2,2H3/t8-/m0/s1. The molecule has 0 spiro atoms. The first-order valence-corrected chi connectivity index (χ1v) is 3.52. The topological polar surface area (TPSA) is 37.3 Å². The lowest BCUT2D eigenvalue weighted by atomic mass is 9.90. The number of rotatable bonds is 0. The summed E-state index contributed by atoms with van der Waals surface area (Å²) in [7, 11) is 0. The van der Waals surface area contributed by atoms with Gasteiger partial charge in [0.25, 0.3) is 0 Å². The van der Waals surface area contributed by atoms with Crippen LogP contribution in [0, 0.1) is 12.3 Å². The molecular formula is C9H10O2. The maximum atomic E-state index is 11.1. The first kappa shape index (κ1) is 8.03. The summed E-state index contributed by atoms with van der Waals surface area (Å²) in [5.74, 6) is 2.38. The highest BCUT2D eigenvalue weighted by Crippen LogP contribution is 2.20. The first-order chi connectivity index (χ1) is 5.15. The second kappa shape index (κ2) is 2.89. The molecular weight excluding hydrogens is 140 g/mol. The number of terminal acetylenes is 1. The predicted octanol–water partition coefficient (Wildman–Crippen LogP) is 0.660. The zero-order chi connectivity index (χ0) is 8.43. The van der Waals surface area contributed by atoms with Gasteiger partial charge in [0.15, 0.2) is 5.78 Å². The van der Waals surface area contributed by atoms with Gasteiger partial charge in [-0.3, -0.25) is 4.79 Å². The zero-order valence-corrected chi connectivity index (χ0v) is 6.42. The van der Waals surface area contributed by atoms with Gasteiger partial charge in [0.05, 0.1) is 6.10 Å². The normalized spacial score (nSPS) is 25.2. The van der Waals surface area contributed by atoms with Gasteiger partial charge in [-0.05, 0) is 6.92 Å². The fourth-order valence-electron chi connectivity index (χ4n) is 1.16. The van der Waals surface area contributed by atoms with Crippen LogP contribution in [0.1, 0.15) is 19.8 Å². The highest BCUT2D eigenvalue weighted by atomic mass is 16.3. The summed E-state index contributed by atoms with van der Waals surface area (Å²) in [6, 6.07) is 0. The Hall–Kier alpha value is -1.07. The van der Waals surface area contributed by atoms with Gasteiger partial charge in [-0.2, -0.15) is 0 Å². The van der Waals surface area contributed by atoms with E-state index in [-0.39, 0.29) is 12.2 Å². The molecule has 1 rings (SSSR count). The molecule has 0 aromatic carbocycles. The molecule has 2 nitrogen and oxygen atoms in total. The van der Waals surface area contributed by atoms with Crippen LogP contribution in [0.4, 0.5) is 0 Å². The lowest BCUT2D eigenvalue weighted by molar-refractivity contribution is -0.117. The van der Waals surface area contributed by atoms with E-state index in [4.69, 9.17) is 11.5 Å². The van der Waals surface area contributed by atoms with Gasteiger partial charge in [0, 0.05) is 24.0 Å². The average molecular weight is 150 g/mol. The van der Waals surface area contributed by atoms with Crippen molar-refractivity contribution in [1.82, 2.24) is 0 Å². The van der Waals surface area contributed by atoms with Crippen LogP contribution >= 0.6 is 0 Å². The summed E-state index contributed by atoms with van der Waals surface area (Å²) in [6.07, 6.45) is 5.25. The van der Waals surface area contributed by atoms with Crippen molar-refractivity contribution in [3.05, 3.63) is 11.1 Å². The molecule has 0 aliphatic heterocycles. The molecule has 0 unspecified atom stereocenters. The molecule has 0 radical (unpaired) electrons. The van der Waals surface area contributed by atoms with E-state index in [1.165, 1.54) is 0 Å². The molecule has 1 N–H and O–H groups in total. The lowest BCUT2D eigenvalue weighted by Crippen LogP contribution is -2.21. The number of ketones is 1. The van der Waals surface area contributed by atoms with Gasteiger partial charge in [-0.15, -0.1) is 6.42 Å². The molecule has 1 atom stereocenters. The number of aliphatic hydroxyl groups excluding tert-OH is 1. The summed E-state index contributed by atoms with van der Waals surface area (Å²) in [6.45, 7) is 1.71.